The fourth-order valence-electron chi connectivity index (χ4n) is 3.50. The third-order valence-electron chi connectivity index (χ3n) is 5.03. The van der Waals surface area contributed by atoms with Crippen molar-refractivity contribution < 1.29 is 13.5 Å². The van der Waals surface area contributed by atoms with Crippen LogP contribution in [0.5, 0.6) is 5.75 Å². The average molecular weight is 493 g/mol. The Labute approximate surface area is 199 Å². The Morgan fingerprint density at radius 3 is 2.68 bits per heavy atom. The summed E-state index contributed by atoms with van der Waals surface area (Å²) in [5.74, 6) is 0.520. The molecule has 0 aliphatic rings. The van der Waals surface area contributed by atoms with E-state index in [-0.39, 0.29) is 17.2 Å². The van der Waals surface area contributed by atoms with Crippen molar-refractivity contribution >= 4 is 32.3 Å². The molecule has 3 aromatic heterocycles. The van der Waals surface area contributed by atoms with Gasteiger partial charge in [-0.2, -0.15) is 0 Å². The number of phenols is 1. The highest BCUT2D eigenvalue weighted by atomic mass is 32.2. The Hall–Kier alpha value is -3.80. The van der Waals surface area contributed by atoms with Gasteiger partial charge in [0.05, 0.1) is 16.3 Å². The van der Waals surface area contributed by atoms with Crippen LogP contribution in [-0.2, 0) is 10.0 Å². The molecule has 3 N–H and O–H groups in total. The maximum atomic E-state index is 12.4. The van der Waals surface area contributed by atoms with Crippen LogP contribution < -0.4 is 10.0 Å². The third-order valence-corrected chi connectivity index (χ3v) is 7.27. The van der Waals surface area contributed by atoms with Gasteiger partial charge in [-0.25, -0.2) is 28.1 Å². The summed E-state index contributed by atoms with van der Waals surface area (Å²) in [5.41, 5.74) is 2.89. The van der Waals surface area contributed by atoms with Gasteiger partial charge in [0.25, 0.3) is 0 Å². The molecule has 172 valence electrons. The van der Waals surface area contributed by atoms with Crippen LogP contribution in [0.2, 0.25) is 0 Å². The molecule has 0 aliphatic heterocycles. The van der Waals surface area contributed by atoms with Gasteiger partial charge in [-0.1, -0.05) is 30.3 Å². The van der Waals surface area contributed by atoms with Crippen molar-refractivity contribution in [3.8, 4) is 28.4 Å². The number of nitrogens with zero attached hydrogens (tertiary/aromatic N) is 4. The average Bonchev–Trinajstić information content (AvgIpc) is 3.44. The second kappa shape index (κ2) is 9.21. The molecule has 0 saturated heterocycles. The monoisotopic (exact) mass is 492 g/mol. The SMILES string of the molecule is O=S(=O)(NCCNc1nccc(-c2c(-c3cccc(O)c3)nc3sccn23)n1)c1ccccc1. The molecule has 3 heterocycles. The molecule has 34 heavy (non-hydrogen) atoms. The summed E-state index contributed by atoms with van der Waals surface area (Å²) < 4.78 is 29.2. The summed E-state index contributed by atoms with van der Waals surface area (Å²) in [6, 6.07) is 16.9. The summed E-state index contributed by atoms with van der Waals surface area (Å²) >= 11 is 1.50. The highest BCUT2D eigenvalue weighted by Crippen LogP contribution is 2.34. The number of hydrogen-bond donors (Lipinski definition) is 3. The van der Waals surface area contributed by atoms with Gasteiger partial charge in [0.2, 0.25) is 16.0 Å². The number of aromatic hydroxyl groups is 1. The van der Waals surface area contributed by atoms with Gasteiger partial charge in [0.1, 0.15) is 11.4 Å². The lowest BCUT2D eigenvalue weighted by molar-refractivity contribution is 0.475. The van der Waals surface area contributed by atoms with Crippen LogP contribution in [0.1, 0.15) is 0 Å². The molecule has 0 bridgehead atoms. The fraction of sp³-hybridized carbons (Fsp3) is 0.0870. The molecule has 0 radical (unpaired) electrons. The second-order valence-electron chi connectivity index (χ2n) is 7.32. The molecule has 0 saturated carbocycles. The van der Waals surface area contributed by atoms with Crippen LogP contribution >= 0.6 is 11.3 Å². The lowest BCUT2D eigenvalue weighted by Gasteiger charge is -2.09. The van der Waals surface area contributed by atoms with Crippen LogP contribution in [-0.4, -0.2) is 46.0 Å². The first-order valence-corrected chi connectivity index (χ1v) is 12.7. The summed E-state index contributed by atoms with van der Waals surface area (Å²) in [7, 11) is -3.58. The standard InChI is InChI=1S/C23H20N6O3S2/c30-17-6-4-5-16(15-17)20-21(29-13-14-33-23(29)28-20)19-9-10-24-22(27-19)25-11-12-26-34(31,32)18-7-2-1-3-8-18/h1-10,13-15,26,30H,11-12H2,(H,24,25,27). The maximum absolute atomic E-state index is 12.4. The fourth-order valence-corrected chi connectivity index (χ4v) is 5.27. The predicted octanol–water partition coefficient (Wildman–Crippen LogP) is 3.62. The Bertz CT molecular complexity index is 1550. The first kappa shape index (κ1) is 22.0. The molecule has 5 rings (SSSR count). The minimum absolute atomic E-state index is 0.155. The Balaban J connectivity index is 1.36. The van der Waals surface area contributed by atoms with Gasteiger partial charge in [0.15, 0.2) is 4.96 Å². The number of rotatable bonds is 8. The summed E-state index contributed by atoms with van der Waals surface area (Å²) in [4.78, 5) is 14.6. The number of sulfonamides is 1. The largest absolute Gasteiger partial charge is 0.508 e. The van der Waals surface area contributed by atoms with Crippen molar-refractivity contribution in [2.45, 2.75) is 4.90 Å². The van der Waals surface area contributed by atoms with E-state index in [1.54, 1.807) is 60.8 Å². The molecule has 0 spiro atoms. The summed E-state index contributed by atoms with van der Waals surface area (Å²) in [6.07, 6.45) is 3.55. The molecule has 0 amide bonds. The van der Waals surface area contributed by atoms with Crippen LogP contribution in [0, 0.1) is 0 Å². The topological polar surface area (TPSA) is 122 Å². The summed E-state index contributed by atoms with van der Waals surface area (Å²) in [6.45, 7) is 0.468. The van der Waals surface area contributed by atoms with E-state index in [0.29, 0.717) is 23.9 Å². The van der Waals surface area contributed by atoms with Crippen molar-refractivity contribution in [2.75, 3.05) is 18.4 Å². The van der Waals surface area contributed by atoms with E-state index in [4.69, 9.17) is 4.98 Å². The number of aromatic nitrogens is 4. The first-order valence-electron chi connectivity index (χ1n) is 10.4. The van der Waals surface area contributed by atoms with E-state index in [1.165, 1.54) is 11.3 Å². The van der Waals surface area contributed by atoms with Gasteiger partial charge >= 0.3 is 0 Å². The molecule has 2 aromatic carbocycles. The zero-order chi connectivity index (χ0) is 23.5. The predicted molar refractivity (Wildman–Crippen MR) is 131 cm³/mol. The van der Waals surface area contributed by atoms with Crippen LogP contribution in [0.25, 0.3) is 27.6 Å². The maximum Gasteiger partial charge on any atom is 0.240 e. The van der Waals surface area contributed by atoms with Crippen LogP contribution in [0.4, 0.5) is 5.95 Å². The number of anilines is 1. The zero-order valence-corrected chi connectivity index (χ0v) is 19.4. The van der Waals surface area contributed by atoms with Gasteiger partial charge in [-0.05, 0) is 30.3 Å². The lowest BCUT2D eigenvalue weighted by atomic mass is 10.1. The number of thiazole rings is 1. The Morgan fingerprint density at radius 2 is 1.85 bits per heavy atom. The molecular weight excluding hydrogens is 472 g/mol. The molecule has 5 aromatic rings. The van der Waals surface area contributed by atoms with Gasteiger partial charge in [-0.15, -0.1) is 11.3 Å². The molecule has 9 nitrogen and oxygen atoms in total. The second-order valence-corrected chi connectivity index (χ2v) is 9.96. The minimum atomic E-state index is -3.58. The third kappa shape index (κ3) is 4.49. The van der Waals surface area contributed by atoms with Crippen LogP contribution in [0.3, 0.4) is 0 Å². The van der Waals surface area contributed by atoms with E-state index in [2.05, 4.69) is 20.0 Å². The van der Waals surface area contributed by atoms with Crippen molar-refractivity contribution in [3.05, 3.63) is 78.4 Å². The number of hydrogen-bond acceptors (Lipinski definition) is 8. The highest BCUT2D eigenvalue weighted by molar-refractivity contribution is 7.89. The van der Waals surface area contributed by atoms with Crippen molar-refractivity contribution in [2.24, 2.45) is 0 Å². The van der Waals surface area contributed by atoms with E-state index in [1.807, 2.05) is 22.0 Å². The van der Waals surface area contributed by atoms with E-state index >= 15 is 0 Å². The first-order chi connectivity index (χ1) is 16.5. The lowest BCUT2D eigenvalue weighted by Crippen LogP contribution is -2.29. The van der Waals surface area contributed by atoms with Crippen molar-refractivity contribution in [1.82, 2.24) is 24.1 Å². The molecule has 0 unspecified atom stereocenters. The van der Waals surface area contributed by atoms with Gasteiger partial charge in [-0.3, -0.25) is 4.40 Å². The Morgan fingerprint density at radius 1 is 1.00 bits per heavy atom. The Kier molecular flexibility index (Phi) is 5.97. The molecule has 11 heteroatoms. The number of benzene rings is 2. The van der Waals surface area contributed by atoms with Gasteiger partial charge < -0.3 is 10.4 Å². The molecule has 0 fully saturated rings. The highest BCUT2D eigenvalue weighted by Gasteiger charge is 2.19. The molecule has 0 atom stereocenters. The number of phenolic OH excluding ortho intramolecular Hbond substituents is 1. The van der Waals surface area contributed by atoms with Crippen molar-refractivity contribution in [3.63, 3.8) is 0 Å². The van der Waals surface area contributed by atoms with Gasteiger partial charge in [0, 0.05) is 36.4 Å². The van der Waals surface area contributed by atoms with E-state index < -0.39 is 10.0 Å². The van der Waals surface area contributed by atoms with E-state index in [0.717, 1.165) is 16.2 Å². The molecular formula is C23H20N6O3S2. The quantitative estimate of drug-likeness (QED) is 0.283. The number of nitrogens with one attached hydrogen (secondary N) is 2. The zero-order valence-electron chi connectivity index (χ0n) is 17.8. The van der Waals surface area contributed by atoms with Crippen LogP contribution in [0.15, 0.2) is 83.3 Å². The number of imidazole rings is 1. The minimum Gasteiger partial charge on any atom is -0.508 e. The van der Waals surface area contributed by atoms with Crippen molar-refractivity contribution in [1.29, 1.82) is 0 Å². The summed E-state index contributed by atoms with van der Waals surface area (Å²) in [5, 5.41) is 14.9. The molecule has 0 aliphatic carbocycles. The van der Waals surface area contributed by atoms with E-state index in [9.17, 15) is 13.5 Å². The smallest absolute Gasteiger partial charge is 0.240 e. The number of fused-ring (bicyclic) bond motifs is 1. The normalized spacial score (nSPS) is 11.6.